The molecule has 0 heterocycles. The monoisotopic (exact) mass is 203 g/mol. The van der Waals surface area contributed by atoms with Gasteiger partial charge in [-0.3, -0.25) is 10.1 Å². The molecule has 0 aliphatic heterocycles. The van der Waals surface area contributed by atoms with Gasteiger partial charge in [-0.1, -0.05) is 27.7 Å². The number of rotatable bonds is 5. The fourth-order valence-corrected chi connectivity index (χ4v) is 1.84. The summed E-state index contributed by atoms with van der Waals surface area (Å²) in [7, 11) is 0. The quantitative estimate of drug-likeness (QED) is 0.549. The number of hydrogen-bond donors (Lipinski definition) is 1. The zero-order chi connectivity index (χ0) is 11.4. The Morgan fingerprint density at radius 1 is 1.43 bits per heavy atom. The highest BCUT2D eigenvalue weighted by Crippen LogP contribution is 2.26. The molecule has 0 spiro atoms. The summed E-state index contributed by atoms with van der Waals surface area (Å²) in [5.74, 6) is 0.324. The first-order valence-electron chi connectivity index (χ1n) is 5.00. The highest BCUT2D eigenvalue weighted by atomic mass is 16.6. The van der Waals surface area contributed by atoms with Gasteiger partial charge in [-0.05, 0) is 24.2 Å². The van der Waals surface area contributed by atoms with Crippen molar-refractivity contribution < 1.29 is 10.0 Å². The van der Waals surface area contributed by atoms with Crippen LogP contribution in [-0.2, 0) is 0 Å². The van der Waals surface area contributed by atoms with Crippen LogP contribution in [0.4, 0.5) is 0 Å². The lowest BCUT2D eigenvalue weighted by atomic mass is 9.83. The number of hydrogen-bond acceptors (Lipinski definition) is 3. The van der Waals surface area contributed by atoms with Crippen molar-refractivity contribution in [2.45, 2.75) is 46.6 Å². The molecule has 0 aromatic carbocycles. The fourth-order valence-electron chi connectivity index (χ4n) is 1.84. The van der Waals surface area contributed by atoms with Gasteiger partial charge in [0.2, 0.25) is 6.54 Å². The minimum atomic E-state index is -0.803. The van der Waals surface area contributed by atoms with E-state index in [1.807, 2.05) is 6.92 Å². The van der Waals surface area contributed by atoms with Crippen LogP contribution in [0.25, 0.3) is 0 Å². The first-order chi connectivity index (χ1) is 6.20. The minimum absolute atomic E-state index is 0.216. The molecule has 0 amide bonds. The van der Waals surface area contributed by atoms with E-state index in [-0.39, 0.29) is 12.0 Å². The molecule has 0 bridgehead atoms. The lowest BCUT2D eigenvalue weighted by molar-refractivity contribution is -0.490. The van der Waals surface area contributed by atoms with Gasteiger partial charge in [0.15, 0.2) is 0 Å². The Morgan fingerprint density at radius 3 is 2.29 bits per heavy atom. The predicted octanol–water partition coefficient (Wildman–Crippen LogP) is 2.09. The Labute approximate surface area is 85.5 Å². The molecule has 4 nitrogen and oxygen atoms in total. The highest BCUT2D eigenvalue weighted by molar-refractivity contribution is 4.69. The maximum absolute atomic E-state index is 10.1. The molecule has 0 saturated carbocycles. The highest BCUT2D eigenvalue weighted by Gasteiger charge is 2.20. The van der Waals surface area contributed by atoms with Gasteiger partial charge in [-0.25, -0.2) is 0 Å². The van der Waals surface area contributed by atoms with E-state index in [2.05, 4.69) is 20.8 Å². The number of nitrogens with zero attached hydrogens (tertiary/aromatic N) is 1. The van der Waals surface area contributed by atoms with Gasteiger partial charge in [0.25, 0.3) is 0 Å². The summed E-state index contributed by atoms with van der Waals surface area (Å²) in [4.78, 5) is 9.66. The van der Waals surface area contributed by atoms with E-state index in [1.165, 1.54) is 0 Å². The molecule has 0 saturated heterocycles. The standard InChI is InChI=1S/C10H21NO3/c1-8(6-10(2,3)4)5-9(12)7-11(13)14/h8-9,12H,5-7H2,1-4H3. The van der Waals surface area contributed by atoms with Crippen LogP contribution in [-0.4, -0.2) is 22.7 Å². The van der Waals surface area contributed by atoms with Crippen LogP contribution in [0, 0.1) is 21.4 Å². The number of aliphatic hydroxyl groups excluding tert-OH is 1. The molecule has 84 valence electrons. The SMILES string of the molecule is CC(CC(O)C[N+](=O)[O-])CC(C)(C)C. The molecule has 0 aliphatic rings. The van der Waals surface area contributed by atoms with E-state index in [4.69, 9.17) is 0 Å². The second-order valence-corrected chi connectivity index (χ2v) is 5.27. The molecule has 0 aromatic rings. The Hall–Kier alpha value is -0.640. The average molecular weight is 203 g/mol. The minimum Gasteiger partial charge on any atom is -0.386 e. The van der Waals surface area contributed by atoms with Crippen molar-refractivity contribution in [3.05, 3.63) is 10.1 Å². The third-order valence-electron chi connectivity index (χ3n) is 2.00. The molecule has 0 radical (unpaired) electrons. The number of nitro groups is 1. The molecule has 1 N–H and O–H groups in total. The summed E-state index contributed by atoms with van der Waals surface area (Å²) < 4.78 is 0. The van der Waals surface area contributed by atoms with Crippen molar-refractivity contribution >= 4 is 0 Å². The zero-order valence-corrected chi connectivity index (χ0v) is 9.49. The van der Waals surface area contributed by atoms with Crippen LogP contribution in [0.1, 0.15) is 40.5 Å². The Morgan fingerprint density at radius 2 is 1.93 bits per heavy atom. The molecule has 0 fully saturated rings. The van der Waals surface area contributed by atoms with E-state index in [0.29, 0.717) is 12.3 Å². The second kappa shape index (κ2) is 5.29. The van der Waals surface area contributed by atoms with Crippen LogP contribution >= 0.6 is 0 Å². The largest absolute Gasteiger partial charge is 0.386 e. The van der Waals surface area contributed by atoms with Crippen LogP contribution in [0.3, 0.4) is 0 Å². The molecular weight excluding hydrogens is 182 g/mol. The maximum atomic E-state index is 10.1. The van der Waals surface area contributed by atoms with Gasteiger partial charge in [0, 0.05) is 4.92 Å². The van der Waals surface area contributed by atoms with Crippen molar-refractivity contribution in [1.82, 2.24) is 0 Å². The van der Waals surface area contributed by atoms with Crippen LogP contribution in [0.5, 0.6) is 0 Å². The van der Waals surface area contributed by atoms with E-state index in [1.54, 1.807) is 0 Å². The molecule has 0 aliphatic carbocycles. The van der Waals surface area contributed by atoms with Crippen molar-refractivity contribution in [3.63, 3.8) is 0 Å². The zero-order valence-electron chi connectivity index (χ0n) is 9.49. The first-order valence-corrected chi connectivity index (χ1v) is 5.00. The van der Waals surface area contributed by atoms with Gasteiger partial charge < -0.3 is 5.11 Å². The number of aliphatic hydroxyl groups is 1. The summed E-state index contributed by atoms with van der Waals surface area (Å²) in [6.07, 6.45) is 0.683. The Bertz CT molecular complexity index is 186. The van der Waals surface area contributed by atoms with E-state index >= 15 is 0 Å². The normalized spacial score (nSPS) is 16.4. The van der Waals surface area contributed by atoms with Gasteiger partial charge in [0.1, 0.15) is 6.10 Å². The molecule has 14 heavy (non-hydrogen) atoms. The Balaban J connectivity index is 3.82. The lowest BCUT2D eigenvalue weighted by Crippen LogP contribution is -2.23. The van der Waals surface area contributed by atoms with Gasteiger partial charge in [-0.15, -0.1) is 0 Å². The molecular formula is C10H21NO3. The third kappa shape index (κ3) is 7.98. The summed E-state index contributed by atoms with van der Waals surface area (Å²) in [6.45, 7) is 8.07. The summed E-state index contributed by atoms with van der Waals surface area (Å²) in [6, 6.07) is 0. The fraction of sp³-hybridized carbons (Fsp3) is 1.00. The Kier molecular flexibility index (Phi) is 5.05. The first kappa shape index (κ1) is 13.4. The van der Waals surface area contributed by atoms with E-state index in [0.717, 1.165) is 6.42 Å². The van der Waals surface area contributed by atoms with Crippen molar-refractivity contribution in [2.75, 3.05) is 6.54 Å². The maximum Gasteiger partial charge on any atom is 0.229 e. The predicted molar refractivity (Wildman–Crippen MR) is 55.7 cm³/mol. The van der Waals surface area contributed by atoms with E-state index in [9.17, 15) is 15.2 Å². The smallest absolute Gasteiger partial charge is 0.229 e. The molecule has 0 aromatic heterocycles. The molecule has 0 rings (SSSR count). The van der Waals surface area contributed by atoms with Crippen LogP contribution in [0.2, 0.25) is 0 Å². The van der Waals surface area contributed by atoms with Crippen molar-refractivity contribution in [2.24, 2.45) is 11.3 Å². The van der Waals surface area contributed by atoms with Gasteiger partial charge in [-0.2, -0.15) is 0 Å². The molecule has 4 heteroatoms. The second-order valence-electron chi connectivity index (χ2n) is 5.27. The van der Waals surface area contributed by atoms with Crippen molar-refractivity contribution in [1.29, 1.82) is 0 Å². The van der Waals surface area contributed by atoms with Crippen LogP contribution < -0.4 is 0 Å². The summed E-state index contributed by atoms with van der Waals surface area (Å²) in [5.41, 5.74) is 0.216. The molecule has 2 unspecified atom stereocenters. The molecule has 2 atom stereocenters. The lowest BCUT2D eigenvalue weighted by Gasteiger charge is -2.23. The summed E-state index contributed by atoms with van der Waals surface area (Å²) >= 11 is 0. The topological polar surface area (TPSA) is 63.4 Å². The van der Waals surface area contributed by atoms with Gasteiger partial charge >= 0.3 is 0 Å². The van der Waals surface area contributed by atoms with E-state index < -0.39 is 11.0 Å². The van der Waals surface area contributed by atoms with Crippen molar-refractivity contribution in [3.8, 4) is 0 Å². The third-order valence-corrected chi connectivity index (χ3v) is 2.00. The van der Waals surface area contributed by atoms with Gasteiger partial charge in [0.05, 0.1) is 0 Å². The van der Waals surface area contributed by atoms with Crippen LogP contribution in [0.15, 0.2) is 0 Å². The summed E-state index contributed by atoms with van der Waals surface area (Å²) in [5, 5.41) is 19.5. The average Bonchev–Trinajstić information content (AvgIpc) is 1.77.